The summed E-state index contributed by atoms with van der Waals surface area (Å²) in [5.41, 5.74) is 0.934. The van der Waals surface area contributed by atoms with E-state index in [-0.39, 0.29) is 35.9 Å². The zero-order valence-electron chi connectivity index (χ0n) is 15.7. The lowest BCUT2D eigenvalue weighted by Crippen LogP contribution is -2.38. The van der Waals surface area contributed by atoms with Crippen molar-refractivity contribution >= 4 is 23.2 Å². The van der Waals surface area contributed by atoms with Crippen LogP contribution in [0.1, 0.15) is 12.8 Å². The average Bonchev–Trinajstić information content (AvgIpc) is 2.71. The Kier molecular flexibility index (Phi) is 6.48. The van der Waals surface area contributed by atoms with E-state index in [1.807, 2.05) is 12.1 Å². The molecular weight excluding hydrogens is 386 g/mol. The molecular formula is C20H20F2N2O5. The summed E-state index contributed by atoms with van der Waals surface area (Å²) in [7, 11) is 1.32. The molecule has 0 saturated heterocycles. The van der Waals surface area contributed by atoms with Crippen molar-refractivity contribution in [2.45, 2.75) is 19.5 Å². The van der Waals surface area contributed by atoms with Gasteiger partial charge >= 0.3 is 6.61 Å². The fourth-order valence-corrected chi connectivity index (χ4v) is 2.95. The van der Waals surface area contributed by atoms with Gasteiger partial charge in [-0.25, -0.2) is 0 Å². The third-order valence-corrected chi connectivity index (χ3v) is 4.26. The summed E-state index contributed by atoms with van der Waals surface area (Å²) in [5.74, 6) is -0.0764. The Balaban J connectivity index is 1.58. The van der Waals surface area contributed by atoms with Crippen LogP contribution in [0.5, 0.6) is 17.2 Å². The van der Waals surface area contributed by atoms with Crippen molar-refractivity contribution in [3.05, 3.63) is 42.5 Å². The second-order valence-corrected chi connectivity index (χ2v) is 6.15. The summed E-state index contributed by atoms with van der Waals surface area (Å²) in [4.78, 5) is 26.3. The Labute approximate surface area is 166 Å². The van der Waals surface area contributed by atoms with E-state index in [4.69, 9.17) is 9.47 Å². The van der Waals surface area contributed by atoms with Crippen LogP contribution in [0.3, 0.4) is 0 Å². The fourth-order valence-electron chi connectivity index (χ4n) is 2.95. The van der Waals surface area contributed by atoms with Gasteiger partial charge in [0.15, 0.2) is 11.5 Å². The van der Waals surface area contributed by atoms with E-state index in [0.717, 1.165) is 0 Å². The van der Waals surface area contributed by atoms with E-state index in [1.54, 1.807) is 17.0 Å². The highest BCUT2D eigenvalue weighted by molar-refractivity contribution is 5.99. The monoisotopic (exact) mass is 406 g/mol. The van der Waals surface area contributed by atoms with Gasteiger partial charge in [0, 0.05) is 24.6 Å². The number of nitrogens with zero attached hydrogens (tertiary/aromatic N) is 1. The van der Waals surface area contributed by atoms with Crippen molar-refractivity contribution in [2.24, 2.45) is 0 Å². The number of anilines is 2. The molecule has 1 N–H and O–H groups in total. The summed E-state index contributed by atoms with van der Waals surface area (Å²) >= 11 is 0. The first-order chi connectivity index (χ1) is 14.0. The molecule has 0 bridgehead atoms. The highest BCUT2D eigenvalue weighted by Gasteiger charge is 2.23. The van der Waals surface area contributed by atoms with Crippen LogP contribution in [-0.4, -0.2) is 38.7 Å². The van der Waals surface area contributed by atoms with Gasteiger partial charge in [0.1, 0.15) is 12.4 Å². The second kappa shape index (κ2) is 9.22. The van der Waals surface area contributed by atoms with Crippen LogP contribution < -0.4 is 24.4 Å². The quantitative estimate of drug-likeness (QED) is 0.762. The number of benzene rings is 2. The standard InChI is InChI=1S/C20H20F2N2O5/c1-27-16-7-6-13(12-17(16)29-20(21)22)23-18(25)8-9-19(26)24-10-11-28-15-5-3-2-4-14(15)24/h2-7,12,20H,8-11H2,1H3,(H,23,25). The molecule has 154 valence electrons. The number of hydrogen-bond donors (Lipinski definition) is 1. The zero-order chi connectivity index (χ0) is 20.8. The second-order valence-electron chi connectivity index (χ2n) is 6.15. The highest BCUT2D eigenvalue weighted by Crippen LogP contribution is 2.32. The Morgan fingerprint density at radius 3 is 2.72 bits per heavy atom. The van der Waals surface area contributed by atoms with Crippen molar-refractivity contribution in [1.82, 2.24) is 0 Å². The number of carbonyl (C=O) groups excluding carboxylic acids is 2. The third kappa shape index (κ3) is 5.13. The number of carbonyl (C=O) groups is 2. The molecule has 1 heterocycles. The molecule has 3 rings (SSSR count). The van der Waals surface area contributed by atoms with Crippen molar-refractivity contribution in [3.8, 4) is 17.2 Å². The largest absolute Gasteiger partial charge is 0.493 e. The summed E-state index contributed by atoms with van der Waals surface area (Å²) in [5, 5.41) is 2.57. The number of fused-ring (bicyclic) bond motifs is 1. The van der Waals surface area contributed by atoms with E-state index < -0.39 is 12.5 Å². The molecule has 2 aromatic carbocycles. The summed E-state index contributed by atoms with van der Waals surface area (Å²) < 4.78 is 39.9. The van der Waals surface area contributed by atoms with E-state index in [2.05, 4.69) is 10.1 Å². The molecule has 1 aliphatic rings. The van der Waals surface area contributed by atoms with Gasteiger partial charge in [-0.2, -0.15) is 8.78 Å². The molecule has 7 nitrogen and oxygen atoms in total. The minimum absolute atomic E-state index is 0.00326. The molecule has 0 aliphatic carbocycles. The SMILES string of the molecule is COc1ccc(NC(=O)CCC(=O)N2CCOc3ccccc32)cc1OC(F)F. The molecule has 0 spiro atoms. The number of hydrogen-bond acceptors (Lipinski definition) is 5. The normalized spacial score (nSPS) is 12.8. The highest BCUT2D eigenvalue weighted by atomic mass is 19.3. The molecule has 9 heteroatoms. The predicted molar refractivity (Wildman–Crippen MR) is 102 cm³/mol. The number of rotatable bonds is 7. The van der Waals surface area contributed by atoms with Gasteiger partial charge in [0.2, 0.25) is 11.8 Å². The first kappa shape index (κ1) is 20.4. The Morgan fingerprint density at radius 1 is 1.17 bits per heavy atom. The van der Waals surface area contributed by atoms with Gasteiger partial charge in [-0.15, -0.1) is 0 Å². The minimum Gasteiger partial charge on any atom is -0.493 e. The van der Waals surface area contributed by atoms with Crippen LogP contribution in [0.4, 0.5) is 20.2 Å². The predicted octanol–water partition coefficient (Wildman–Crippen LogP) is 3.44. The Hall–Kier alpha value is -3.36. The number of nitrogens with one attached hydrogen (secondary N) is 1. The van der Waals surface area contributed by atoms with Crippen LogP contribution in [-0.2, 0) is 9.59 Å². The lowest BCUT2D eigenvalue weighted by Gasteiger charge is -2.29. The van der Waals surface area contributed by atoms with Gasteiger partial charge in [-0.1, -0.05) is 12.1 Å². The number of ether oxygens (including phenoxy) is 3. The summed E-state index contributed by atoms with van der Waals surface area (Å²) in [6, 6.07) is 11.3. The number of para-hydroxylation sites is 2. The zero-order valence-corrected chi connectivity index (χ0v) is 15.7. The molecule has 2 amide bonds. The summed E-state index contributed by atoms with van der Waals surface area (Å²) in [6.45, 7) is -2.23. The van der Waals surface area contributed by atoms with Gasteiger partial charge in [0.05, 0.1) is 19.3 Å². The molecule has 0 atom stereocenters. The van der Waals surface area contributed by atoms with Crippen molar-refractivity contribution in [3.63, 3.8) is 0 Å². The third-order valence-electron chi connectivity index (χ3n) is 4.26. The van der Waals surface area contributed by atoms with Crippen molar-refractivity contribution in [1.29, 1.82) is 0 Å². The number of amides is 2. The molecule has 0 unspecified atom stereocenters. The van der Waals surface area contributed by atoms with Gasteiger partial charge in [-0.3, -0.25) is 9.59 Å². The molecule has 0 fully saturated rings. The van der Waals surface area contributed by atoms with E-state index in [1.165, 1.54) is 25.3 Å². The molecule has 2 aromatic rings. The smallest absolute Gasteiger partial charge is 0.387 e. The number of alkyl halides is 2. The number of halogens is 2. The van der Waals surface area contributed by atoms with Crippen LogP contribution in [0.2, 0.25) is 0 Å². The summed E-state index contributed by atoms with van der Waals surface area (Å²) in [6.07, 6.45) is -0.0634. The molecule has 0 saturated carbocycles. The van der Waals surface area contributed by atoms with Crippen LogP contribution in [0.25, 0.3) is 0 Å². The number of methoxy groups -OCH3 is 1. The Morgan fingerprint density at radius 2 is 1.97 bits per heavy atom. The van der Waals surface area contributed by atoms with E-state index in [9.17, 15) is 18.4 Å². The van der Waals surface area contributed by atoms with Crippen molar-refractivity contribution < 1.29 is 32.6 Å². The van der Waals surface area contributed by atoms with Gasteiger partial charge < -0.3 is 24.4 Å². The molecule has 1 aliphatic heterocycles. The molecule has 0 radical (unpaired) electrons. The maximum Gasteiger partial charge on any atom is 0.387 e. The topological polar surface area (TPSA) is 77.1 Å². The first-order valence-corrected chi connectivity index (χ1v) is 8.93. The maximum atomic E-state index is 12.5. The molecule has 29 heavy (non-hydrogen) atoms. The van der Waals surface area contributed by atoms with Crippen molar-refractivity contribution in [2.75, 3.05) is 30.5 Å². The lowest BCUT2D eigenvalue weighted by atomic mass is 10.2. The average molecular weight is 406 g/mol. The Bertz CT molecular complexity index is 891. The van der Waals surface area contributed by atoms with Crippen LogP contribution >= 0.6 is 0 Å². The maximum absolute atomic E-state index is 12.5. The van der Waals surface area contributed by atoms with Crippen LogP contribution in [0, 0.1) is 0 Å². The molecule has 0 aromatic heterocycles. The fraction of sp³-hybridized carbons (Fsp3) is 0.300. The van der Waals surface area contributed by atoms with E-state index in [0.29, 0.717) is 24.6 Å². The lowest BCUT2D eigenvalue weighted by molar-refractivity contribution is -0.122. The first-order valence-electron chi connectivity index (χ1n) is 8.93. The van der Waals surface area contributed by atoms with Crippen LogP contribution in [0.15, 0.2) is 42.5 Å². The van der Waals surface area contributed by atoms with Gasteiger partial charge in [-0.05, 0) is 24.3 Å². The van der Waals surface area contributed by atoms with Gasteiger partial charge in [0.25, 0.3) is 0 Å². The van der Waals surface area contributed by atoms with E-state index >= 15 is 0 Å². The minimum atomic E-state index is -3.02.